The topological polar surface area (TPSA) is 97.7 Å². The lowest BCUT2D eigenvalue weighted by atomic mass is 10.2. The Labute approximate surface area is 137 Å². The molecule has 2 aromatic heterocycles. The van der Waals surface area contributed by atoms with E-state index in [0.717, 1.165) is 18.7 Å². The van der Waals surface area contributed by atoms with E-state index >= 15 is 0 Å². The van der Waals surface area contributed by atoms with E-state index in [1.807, 2.05) is 11.8 Å². The molecule has 7 nitrogen and oxygen atoms in total. The number of halogens is 1. The Hall–Kier alpha value is -2.59. The number of anilines is 2. The van der Waals surface area contributed by atoms with Crippen molar-refractivity contribution in [1.29, 1.82) is 5.26 Å². The molecule has 0 saturated carbocycles. The fourth-order valence-electron chi connectivity index (χ4n) is 2.71. The Morgan fingerprint density at radius 1 is 1.52 bits per heavy atom. The van der Waals surface area contributed by atoms with Gasteiger partial charge in [-0.25, -0.2) is 10.1 Å². The zero-order valence-corrected chi connectivity index (χ0v) is 13.3. The maximum Gasteiger partial charge on any atom is 0.285 e. The van der Waals surface area contributed by atoms with Gasteiger partial charge in [0.2, 0.25) is 0 Å². The van der Waals surface area contributed by atoms with E-state index in [1.54, 1.807) is 18.3 Å². The largest absolute Gasteiger partial charge is 0.367 e. The normalized spacial score (nSPS) is 17.1. The van der Waals surface area contributed by atoms with Crippen molar-refractivity contribution in [3.05, 3.63) is 45.0 Å². The summed E-state index contributed by atoms with van der Waals surface area (Å²) in [6.45, 7) is 3.30. The van der Waals surface area contributed by atoms with Crippen molar-refractivity contribution in [3.63, 3.8) is 0 Å². The third-order valence-corrected chi connectivity index (χ3v) is 4.11. The van der Waals surface area contributed by atoms with Crippen LogP contribution in [0.1, 0.15) is 17.7 Å². The Morgan fingerprint density at radius 3 is 3.13 bits per heavy atom. The minimum atomic E-state index is -0.389. The molecule has 1 aliphatic rings. The second-order valence-corrected chi connectivity index (χ2v) is 5.85. The van der Waals surface area contributed by atoms with Gasteiger partial charge in [-0.05, 0) is 25.5 Å². The van der Waals surface area contributed by atoms with Crippen LogP contribution in [-0.4, -0.2) is 34.3 Å². The number of nitriles is 1. The van der Waals surface area contributed by atoms with Gasteiger partial charge in [0.1, 0.15) is 10.8 Å². The van der Waals surface area contributed by atoms with E-state index in [1.165, 1.54) is 0 Å². The highest BCUT2D eigenvalue weighted by molar-refractivity contribution is 6.33. The summed E-state index contributed by atoms with van der Waals surface area (Å²) in [5, 5.41) is 18.6. The van der Waals surface area contributed by atoms with Gasteiger partial charge in [0, 0.05) is 24.8 Å². The molecule has 118 valence electrons. The molecule has 2 N–H and O–H groups in total. The van der Waals surface area contributed by atoms with Crippen LogP contribution in [0.25, 0.3) is 0 Å². The SMILES string of the molecule is Cc1cc(C#N)cc(NC2CCN(c3cn[nH]c(=O)c3Cl)C2)n1. The van der Waals surface area contributed by atoms with Crippen molar-refractivity contribution in [2.75, 3.05) is 23.3 Å². The number of hydrogen-bond donors (Lipinski definition) is 2. The van der Waals surface area contributed by atoms with Crippen molar-refractivity contribution < 1.29 is 0 Å². The van der Waals surface area contributed by atoms with Crippen LogP contribution in [0.3, 0.4) is 0 Å². The summed E-state index contributed by atoms with van der Waals surface area (Å²) in [6, 6.07) is 5.76. The molecule has 0 radical (unpaired) electrons. The first-order valence-corrected chi connectivity index (χ1v) is 7.58. The molecular weight excluding hydrogens is 316 g/mol. The number of H-pyrrole nitrogens is 1. The average Bonchev–Trinajstić information content (AvgIpc) is 2.97. The lowest BCUT2D eigenvalue weighted by Gasteiger charge is -2.19. The van der Waals surface area contributed by atoms with Crippen LogP contribution in [0.4, 0.5) is 11.5 Å². The lowest BCUT2D eigenvalue weighted by Crippen LogP contribution is -2.28. The quantitative estimate of drug-likeness (QED) is 0.888. The smallest absolute Gasteiger partial charge is 0.285 e. The Morgan fingerprint density at radius 2 is 2.35 bits per heavy atom. The van der Waals surface area contributed by atoms with E-state index in [-0.39, 0.29) is 16.6 Å². The van der Waals surface area contributed by atoms with Crippen LogP contribution < -0.4 is 15.8 Å². The van der Waals surface area contributed by atoms with Crippen molar-refractivity contribution in [2.24, 2.45) is 0 Å². The molecule has 1 unspecified atom stereocenters. The van der Waals surface area contributed by atoms with Gasteiger partial charge in [-0.3, -0.25) is 4.79 Å². The van der Waals surface area contributed by atoms with E-state index < -0.39 is 0 Å². The second kappa shape index (κ2) is 6.26. The molecule has 23 heavy (non-hydrogen) atoms. The van der Waals surface area contributed by atoms with Crippen molar-refractivity contribution in [1.82, 2.24) is 15.2 Å². The van der Waals surface area contributed by atoms with Gasteiger partial charge in [0.25, 0.3) is 5.56 Å². The van der Waals surface area contributed by atoms with Gasteiger partial charge in [-0.2, -0.15) is 10.4 Å². The summed E-state index contributed by atoms with van der Waals surface area (Å²) in [4.78, 5) is 18.0. The average molecular weight is 331 g/mol. The number of aryl methyl sites for hydroxylation is 1. The monoisotopic (exact) mass is 330 g/mol. The minimum absolute atomic E-state index is 0.154. The van der Waals surface area contributed by atoms with Crippen molar-refractivity contribution >= 4 is 23.1 Å². The third-order valence-electron chi connectivity index (χ3n) is 3.74. The number of aromatic nitrogens is 3. The van der Waals surface area contributed by atoms with Gasteiger partial charge in [0.05, 0.1) is 23.5 Å². The summed E-state index contributed by atoms with van der Waals surface area (Å²) >= 11 is 6.05. The number of aromatic amines is 1. The first-order chi connectivity index (χ1) is 11.1. The molecule has 8 heteroatoms. The molecule has 2 aromatic rings. The highest BCUT2D eigenvalue weighted by Crippen LogP contribution is 2.25. The summed E-state index contributed by atoms with van der Waals surface area (Å²) in [7, 11) is 0. The molecule has 1 aliphatic heterocycles. The fraction of sp³-hybridized carbons (Fsp3) is 0.333. The van der Waals surface area contributed by atoms with Gasteiger partial charge in [0.15, 0.2) is 0 Å². The molecule has 0 aliphatic carbocycles. The Kier molecular flexibility index (Phi) is 4.17. The number of hydrogen-bond acceptors (Lipinski definition) is 6. The summed E-state index contributed by atoms with van der Waals surface area (Å²) in [5.74, 6) is 0.684. The molecule has 1 fully saturated rings. The van der Waals surface area contributed by atoms with E-state index in [2.05, 4.69) is 26.6 Å². The Balaban J connectivity index is 1.73. The van der Waals surface area contributed by atoms with Crippen LogP contribution in [0.5, 0.6) is 0 Å². The predicted octanol–water partition coefficient (Wildman–Crippen LogP) is 1.69. The van der Waals surface area contributed by atoms with E-state index in [9.17, 15) is 4.79 Å². The van der Waals surface area contributed by atoms with Gasteiger partial charge in [-0.1, -0.05) is 11.6 Å². The second-order valence-electron chi connectivity index (χ2n) is 5.47. The molecule has 3 heterocycles. The maximum absolute atomic E-state index is 11.5. The molecule has 0 amide bonds. The summed E-state index contributed by atoms with van der Waals surface area (Å²) in [6.07, 6.45) is 2.44. The molecular formula is C15H15ClN6O. The van der Waals surface area contributed by atoms with Crippen LogP contribution in [0, 0.1) is 18.3 Å². The zero-order chi connectivity index (χ0) is 16.4. The first-order valence-electron chi connectivity index (χ1n) is 7.20. The molecule has 3 rings (SSSR count). The molecule has 0 aromatic carbocycles. The molecule has 0 spiro atoms. The zero-order valence-electron chi connectivity index (χ0n) is 12.5. The van der Waals surface area contributed by atoms with Crippen LogP contribution in [-0.2, 0) is 0 Å². The molecule has 0 bridgehead atoms. The third kappa shape index (κ3) is 3.27. The highest BCUT2D eigenvalue weighted by Gasteiger charge is 2.25. The van der Waals surface area contributed by atoms with Gasteiger partial charge < -0.3 is 10.2 Å². The van der Waals surface area contributed by atoms with Crippen molar-refractivity contribution in [3.8, 4) is 6.07 Å². The number of nitrogens with zero attached hydrogens (tertiary/aromatic N) is 4. The van der Waals surface area contributed by atoms with Crippen LogP contribution >= 0.6 is 11.6 Å². The van der Waals surface area contributed by atoms with Crippen LogP contribution in [0.15, 0.2) is 23.1 Å². The van der Waals surface area contributed by atoms with E-state index in [4.69, 9.17) is 16.9 Å². The lowest BCUT2D eigenvalue weighted by molar-refractivity contribution is 0.799. The van der Waals surface area contributed by atoms with Gasteiger partial charge >= 0.3 is 0 Å². The Bertz CT molecular complexity index is 827. The summed E-state index contributed by atoms with van der Waals surface area (Å²) in [5.41, 5.74) is 1.62. The maximum atomic E-state index is 11.5. The number of pyridine rings is 1. The number of nitrogens with one attached hydrogen (secondary N) is 2. The van der Waals surface area contributed by atoms with Crippen LogP contribution in [0.2, 0.25) is 5.02 Å². The van der Waals surface area contributed by atoms with Crippen molar-refractivity contribution in [2.45, 2.75) is 19.4 Å². The predicted molar refractivity (Wildman–Crippen MR) is 87.8 cm³/mol. The minimum Gasteiger partial charge on any atom is -0.367 e. The number of rotatable bonds is 3. The molecule has 1 atom stereocenters. The molecule has 1 saturated heterocycles. The highest BCUT2D eigenvalue weighted by atomic mass is 35.5. The van der Waals surface area contributed by atoms with Gasteiger partial charge in [-0.15, -0.1) is 0 Å². The van der Waals surface area contributed by atoms with E-state index in [0.29, 0.717) is 23.6 Å². The first kappa shape index (κ1) is 15.3. The fourth-order valence-corrected chi connectivity index (χ4v) is 2.92. The summed E-state index contributed by atoms with van der Waals surface area (Å²) < 4.78 is 0. The standard InChI is InChI=1S/C15H15ClN6O/c1-9-4-10(6-17)5-13(19-9)20-11-2-3-22(8-11)12-7-18-21-15(23)14(12)16/h4-5,7,11H,2-3,8H2,1H3,(H,19,20)(H,21,23).